The number of nitrogens with zero attached hydrogens (tertiary/aromatic N) is 1. The van der Waals surface area contributed by atoms with Gasteiger partial charge >= 0.3 is 0 Å². The molecule has 3 rings (SSSR count). The molecule has 100 valence electrons. The number of ether oxygens (including phenoxy) is 1. The van der Waals surface area contributed by atoms with E-state index in [-0.39, 0.29) is 5.91 Å². The van der Waals surface area contributed by atoms with Gasteiger partial charge in [-0.1, -0.05) is 18.5 Å². The number of carbonyl (C=O) groups is 1. The highest BCUT2D eigenvalue weighted by Gasteiger charge is 2.22. The van der Waals surface area contributed by atoms with E-state index in [9.17, 15) is 4.79 Å². The second-order valence-corrected chi connectivity index (χ2v) is 5.00. The molecule has 1 aromatic carbocycles. The summed E-state index contributed by atoms with van der Waals surface area (Å²) in [5.74, 6) is 0.738. The van der Waals surface area contributed by atoms with Gasteiger partial charge < -0.3 is 14.6 Å². The SMILES string of the molecule is CCCNC(=O)c1cc2c(Cl)ccc3c2n1CCO3. The first-order chi connectivity index (χ1) is 9.22. The van der Waals surface area contributed by atoms with Gasteiger partial charge in [0.15, 0.2) is 0 Å². The molecule has 2 aromatic rings. The van der Waals surface area contributed by atoms with Crippen LogP contribution in [0.1, 0.15) is 23.8 Å². The molecule has 0 aliphatic carbocycles. The number of halogens is 1. The number of hydrogen-bond acceptors (Lipinski definition) is 2. The molecule has 0 spiro atoms. The largest absolute Gasteiger partial charge is 0.490 e. The van der Waals surface area contributed by atoms with Gasteiger partial charge in [-0.05, 0) is 24.6 Å². The van der Waals surface area contributed by atoms with Crippen molar-refractivity contribution < 1.29 is 9.53 Å². The van der Waals surface area contributed by atoms with Gasteiger partial charge in [-0.2, -0.15) is 0 Å². The van der Waals surface area contributed by atoms with Crippen LogP contribution in [-0.4, -0.2) is 23.6 Å². The molecular weight excluding hydrogens is 264 g/mol. The van der Waals surface area contributed by atoms with Crippen molar-refractivity contribution in [2.24, 2.45) is 0 Å². The predicted molar refractivity (Wildman–Crippen MR) is 75.1 cm³/mol. The van der Waals surface area contributed by atoms with Crippen molar-refractivity contribution in [1.82, 2.24) is 9.88 Å². The molecule has 0 saturated carbocycles. The number of aromatic nitrogens is 1. The van der Waals surface area contributed by atoms with E-state index in [0.29, 0.717) is 30.4 Å². The quantitative estimate of drug-likeness (QED) is 0.938. The molecule has 0 radical (unpaired) electrons. The van der Waals surface area contributed by atoms with Crippen molar-refractivity contribution in [3.05, 3.63) is 28.9 Å². The number of amides is 1. The average molecular weight is 279 g/mol. The second kappa shape index (κ2) is 4.78. The lowest BCUT2D eigenvalue weighted by atomic mass is 10.2. The highest BCUT2D eigenvalue weighted by atomic mass is 35.5. The Morgan fingerprint density at radius 2 is 2.37 bits per heavy atom. The minimum atomic E-state index is -0.0537. The number of carbonyl (C=O) groups excluding carboxylic acids is 1. The summed E-state index contributed by atoms with van der Waals surface area (Å²) < 4.78 is 7.60. The Balaban J connectivity index is 2.14. The fourth-order valence-corrected chi connectivity index (χ4v) is 2.63. The highest BCUT2D eigenvalue weighted by Crippen LogP contribution is 2.36. The van der Waals surface area contributed by atoms with Crippen molar-refractivity contribution in [3.8, 4) is 5.75 Å². The van der Waals surface area contributed by atoms with Crippen LogP contribution in [0.3, 0.4) is 0 Å². The smallest absolute Gasteiger partial charge is 0.267 e. The standard InChI is InChI=1S/C14H15ClN2O2/c1-2-5-16-14(18)11-8-9-10(15)3-4-12-13(9)17(11)6-7-19-12/h3-4,8H,2,5-7H2,1H3,(H,16,18). The molecule has 2 heterocycles. The number of benzene rings is 1. The molecule has 1 aromatic heterocycles. The Morgan fingerprint density at radius 3 is 3.16 bits per heavy atom. The van der Waals surface area contributed by atoms with Crippen molar-refractivity contribution >= 4 is 28.4 Å². The van der Waals surface area contributed by atoms with Crippen LogP contribution in [-0.2, 0) is 6.54 Å². The Bertz CT molecular complexity index is 648. The van der Waals surface area contributed by atoms with Crippen LogP contribution < -0.4 is 10.1 Å². The third-order valence-corrected chi connectivity index (χ3v) is 3.64. The van der Waals surface area contributed by atoms with Gasteiger partial charge in [-0.15, -0.1) is 0 Å². The summed E-state index contributed by atoms with van der Waals surface area (Å²) in [6, 6.07) is 5.51. The summed E-state index contributed by atoms with van der Waals surface area (Å²) >= 11 is 6.20. The van der Waals surface area contributed by atoms with E-state index in [4.69, 9.17) is 16.3 Å². The number of rotatable bonds is 3. The van der Waals surface area contributed by atoms with Crippen molar-refractivity contribution in [1.29, 1.82) is 0 Å². The Kier molecular flexibility index (Phi) is 3.11. The predicted octanol–water partition coefficient (Wildman–Crippen LogP) is 2.83. The van der Waals surface area contributed by atoms with Crippen LogP contribution in [0.5, 0.6) is 5.75 Å². The van der Waals surface area contributed by atoms with E-state index >= 15 is 0 Å². The van der Waals surface area contributed by atoms with Crippen LogP contribution >= 0.6 is 11.6 Å². The van der Waals surface area contributed by atoms with Crippen molar-refractivity contribution in [3.63, 3.8) is 0 Å². The van der Waals surface area contributed by atoms with Crippen LogP contribution in [0.2, 0.25) is 5.02 Å². The summed E-state index contributed by atoms with van der Waals surface area (Å²) in [4.78, 5) is 12.2. The van der Waals surface area contributed by atoms with Gasteiger partial charge in [-0.25, -0.2) is 0 Å². The lowest BCUT2D eigenvalue weighted by Crippen LogP contribution is -2.28. The molecule has 1 amide bonds. The van der Waals surface area contributed by atoms with Crippen LogP contribution in [0.25, 0.3) is 10.9 Å². The van der Waals surface area contributed by atoms with Gasteiger partial charge in [0.25, 0.3) is 5.91 Å². The lowest BCUT2D eigenvalue weighted by Gasteiger charge is -2.19. The van der Waals surface area contributed by atoms with Gasteiger partial charge in [0.2, 0.25) is 0 Å². The molecule has 1 aliphatic rings. The average Bonchev–Trinajstić information content (AvgIpc) is 2.82. The molecule has 1 aliphatic heterocycles. The van der Waals surface area contributed by atoms with Crippen LogP contribution in [0.15, 0.2) is 18.2 Å². The zero-order valence-electron chi connectivity index (χ0n) is 10.7. The molecule has 4 nitrogen and oxygen atoms in total. The summed E-state index contributed by atoms with van der Waals surface area (Å²) in [5, 5.41) is 4.42. The Labute approximate surface area is 116 Å². The molecule has 0 unspecified atom stereocenters. The van der Waals surface area contributed by atoms with Gasteiger partial charge in [0.1, 0.15) is 18.1 Å². The van der Waals surface area contributed by atoms with E-state index in [2.05, 4.69) is 5.32 Å². The minimum absolute atomic E-state index is 0.0537. The molecule has 19 heavy (non-hydrogen) atoms. The second-order valence-electron chi connectivity index (χ2n) is 4.59. The Hall–Kier alpha value is -1.68. The summed E-state index contributed by atoms with van der Waals surface area (Å²) in [7, 11) is 0. The summed E-state index contributed by atoms with van der Waals surface area (Å²) in [6.07, 6.45) is 0.918. The van der Waals surface area contributed by atoms with Crippen molar-refractivity contribution in [2.45, 2.75) is 19.9 Å². The zero-order chi connectivity index (χ0) is 13.4. The number of nitrogens with one attached hydrogen (secondary N) is 1. The van der Waals surface area contributed by atoms with E-state index in [1.807, 2.05) is 29.7 Å². The molecule has 0 atom stereocenters. The third kappa shape index (κ3) is 1.96. The van der Waals surface area contributed by atoms with E-state index < -0.39 is 0 Å². The maximum absolute atomic E-state index is 12.2. The zero-order valence-corrected chi connectivity index (χ0v) is 11.5. The molecule has 0 saturated heterocycles. The summed E-state index contributed by atoms with van der Waals surface area (Å²) in [5.41, 5.74) is 1.57. The van der Waals surface area contributed by atoms with Crippen molar-refractivity contribution in [2.75, 3.05) is 13.2 Å². The fourth-order valence-electron chi connectivity index (χ4n) is 2.43. The van der Waals surface area contributed by atoms with E-state index in [1.165, 1.54) is 0 Å². The summed E-state index contributed by atoms with van der Waals surface area (Å²) in [6.45, 7) is 3.96. The molecule has 1 N–H and O–H groups in total. The maximum Gasteiger partial charge on any atom is 0.267 e. The first-order valence-electron chi connectivity index (χ1n) is 6.45. The fraction of sp³-hybridized carbons (Fsp3) is 0.357. The molecule has 0 fully saturated rings. The van der Waals surface area contributed by atoms with Crippen LogP contribution in [0.4, 0.5) is 0 Å². The minimum Gasteiger partial charge on any atom is -0.490 e. The maximum atomic E-state index is 12.2. The van der Waals surface area contributed by atoms with Crippen LogP contribution in [0, 0.1) is 0 Å². The van der Waals surface area contributed by atoms with Gasteiger partial charge in [0, 0.05) is 11.9 Å². The Morgan fingerprint density at radius 1 is 1.53 bits per heavy atom. The van der Waals surface area contributed by atoms with Gasteiger partial charge in [0.05, 0.1) is 17.1 Å². The lowest BCUT2D eigenvalue weighted by molar-refractivity contribution is 0.0943. The first kappa shape index (κ1) is 12.4. The monoisotopic (exact) mass is 278 g/mol. The molecule has 0 bridgehead atoms. The van der Waals surface area contributed by atoms with E-state index in [0.717, 1.165) is 23.1 Å². The molecular formula is C14H15ClN2O2. The third-order valence-electron chi connectivity index (χ3n) is 3.31. The molecule has 5 heteroatoms. The number of hydrogen-bond donors (Lipinski definition) is 1. The van der Waals surface area contributed by atoms with E-state index in [1.54, 1.807) is 0 Å². The highest BCUT2D eigenvalue weighted by molar-refractivity contribution is 6.36. The topological polar surface area (TPSA) is 43.3 Å². The van der Waals surface area contributed by atoms with Gasteiger partial charge in [-0.3, -0.25) is 4.79 Å². The first-order valence-corrected chi connectivity index (χ1v) is 6.83. The normalized spacial score (nSPS) is 13.4.